The standard InChI is InChI=1S/C25H42N2O3/c1-7-23(12-9-19-28-4)14-18-27(3)17-11-16-25(8-2,22-26)24(15-21-30-6)13-10-20-29-5/h7,9-10,15,19-21,23-24H,1,8,11-14,16-18H2,2-6H3/b19-9+,20-10+,21-15+. The first kappa shape index (κ1) is 27.8. The van der Waals surface area contributed by atoms with Crippen LogP contribution in [0, 0.1) is 28.6 Å². The van der Waals surface area contributed by atoms with E-state index in [0.29, 0.717) is 5.92 Å². The van der Waals surface area contributed by atoms with E-state index < -0.39 is 5.41 Å². The van der Waals surface area contributed by atoms with Crippen LogP contribution in [0.4, 0.5) is 0 Å². The summed E-state index contributed by atoms with van der Waals surface area (Å²) in [4.78, 5) is 2.35. The minimum Gasteiger partial charge on any atom is -0.505 e. The molecular weight excluding hydrogens is 376 g/mol. The van der Waals surface area contributed by atoms with Crippen molar-refractivity contribution in [3.8, 4) is 6.07 Å². The molecular formula is C25H42N2O3. The minimum absolute atomic E-state index is 0.0851. The van der Waals surface area contributed by atoms with Crippen molar-refractivity contribution in [2.75, 3.05) is 41.5 Å². The van der Waals surface area contributed by atoms with Gasteiger partial charge < -0.3 is 19.1 Å². The zero-order valence-electron chi connectivity index (χ0n) is 19.7. The fourth-order valence-corrected chi connectivity index (χ4v) is 3.62. The topological polar surface area (TPSA) is 54.7 Å². The Bertz CT molecular complexity index is 565. The Morgan fingerprint density at radius 3 is 2.20 bits per heavy atom. The van der Waals surface area contributed by atoms with Crippen molar-refractivity contribution >= 4 is 0 Å². The first-order valence-electron chi connectivity index (χ1n) is 10.8. The molecule has 170 valence electrons. The third-order valence-corrected chi connectivity index (χ3v) is 5.68. The summed E-state index contributed by atoms with van der Waals surface area (Å²) < 4.78 is 15.1. The summed E-state index contributed by atoms with van der Waals surface area (Å²) in [5.41, 5.74) is -0.414. The Morgan fingerprint density at radius 1 is 1.03 bits per heavy atom. The SMILES string of the molecule is C=CC(C/C=C/OC)CCN(C)CCCC(C#N)(CC)C(/C=C/OC)C/C=C/OC. The molecule has 0 aliphatic rings. The summed E-state index contributed by atoms with van der Waals surface area (Å²) in [6.45, 7) is 8.02. The Labute approximate surface area is 184 Å². The molecule has 0 fully saturated rings. The van der Waals surface area contributed by atoms with E-state index in [9.17, 15) is 5.26 Å². The molecule has 0 aromatic carbocycles. The summed E-state index contributed by atoms with van der Waals surface area (Å²) in [5, 5.41) is 10.1. The fourth-order valence-electron chi connectivity index (χ4n) is 3.62. The van der Waals surface area contributed by atoms with Crippen LogP contribution in [-0.4, -0.2) is 46.4 Å². The average Bonchev–Trinajstić information content (AvgIpc) is 2.76. The zero-order chi connectivity index (χ0) is 22.7. The van der Waals surface area contributed by atoms with Gasteiger partial charge in [-0.15, -0.1) is 6.58 Å². The highest BCUT2D eigenvalue weighted by Gasteiger charge is 2.35. The molecule has 0 aliphatic carbocycles. The van der Waals surface area contributed by atoms with Gasteiger partial charge in [-0.25, -0.2) is 0 Å². The van der Waals surface area contributed by atoms with Crippen LogP contribution in [0.2, 0.25) is 0 Å². The quantitative estimate of drug-likeness (QED) is 0.211. The highest BCUT2D eigenvalue weighted by molar-refractivity contribution is 5.09. The van der Waals surface area contributed by atoms with Gasteiger partial charge in [0.15, 0.2) is 0 Å². The largest absolute Gasteiger partial charge is 0.505 e. The van der Waals surface area contributed by atoms with Crippen molar-refractivity contribution in [3.63, 3.8) is 0 Å². The lowest BCUT2D eigenvalue weighted by Crippen LogP contribution is -2.30. The minimum atomic E-state index is -0.414. The fraction of sp³-hybridized carbons (Fsp3) is 0.640. The Kier molecular flexibility index (Phi) is 16.4. The Balaban J connectivity index is 4.80. The van der Waals surface area contributed by atoms with Crippen LogP contribution in [0.15, 0.2) is 49.7 Å². The van der Waals surface area contributed by atoms with E-state index in [1.165, 1.54) is 0 Å². The van der Waals surface area contributed by atoms with Gasteiger partial charge in [-0.1, -0.05) is 13.0 Å². The molecule has 3 atom stereocenters. The molecule has 0 aromatic rings. The van der Waals surface area contributed by atoms with E-state index in [2.05, 4.69) is 31.5 Å². The average molecular weight is 419 g/mol. The van der Waals surface area contributed by atoms with Crippen LogP contribution in [0.5, 0.6) is 0 Å². The number of nitriles is 1. The van der Waals surface area contributed by atoms with Crippen molar-refractivity contribution < 1.29 is 14.2 Å². The van der Waals surface area contributed by atoms with Crippen molar-refractivity contribution in [3.05, 3.63) is 49.7 Å². The predicted octanol–water partition coefficient (Wildman–Crippen LogP) is 5.69. The van der Waals surface area contributed by atoms with Gasteiger partial charge in [0.25, 0.3) is 0 Å². The van der Waals surface area contributed by atoms with Crippen LogP contribution in [0.3, 0.4) is 0 Å². The highest BCUT2D eigenvalue weighted by Crippen LogP contribution is 2.39. The zero-order valence-corrected chi connectivity index (χ0v) is 19.7. The molecule has 30 heavy (non-hydrogen) atoms. The second-order valence-corrected chi connectivity index (χ2v) is 7.67. The van der Waals surface area contributed by atoms with Crippen LogP contribution in [0.25, 0.3) is 0 Å². The van der Waals surface area contributed by atoms with Crippen molar-refractivity contribution in [2.24, 2.45) is 17.3 Å². The summed E-state index contributed by atoms with van der Waals surface area (Å²) in [6, 6.07) is 2.63. The molecule has 5 heteroatoms. The second-order valence-electron chi connectivity index (χ2n) is 7.67. The van der Waals surface area contributed by atoms with E-state index in [-0.39, 0.29) is 5.92 Å². The molecule has 0 rings (SSSR count). The van der Waals surface area contributed by atoms with E-state index >= 15 is 0 Å². The van der Waals surface area contributed by atoms with Crippen molar-refractivity contribution in [1.82, 2.24) is 4.90 Å². The number of allylic oxidation sites excluding steroid dienone is 4. The molecule has 0 aliphatic heterocycles. The van der Waals surface area contributed by atoms with Crippen molar-refractivity contribution in [2.45, 2.75) is 45.4 Å². The van der Waals surface area contributed by atoms with Gasteiger partial charge in [0, 0.05) is 5.92 Å². The van der Waals surface area contributed by atoms with Crippen LogP contribution >= 0.6 is 0 Å². The lowest BCUT2D eigenvalue weighted by Gasteiger charge is -2.32. The van der Waals surface area contributed by atoms with Gasteiger partial charge in [-0.3, -0.25) is 0 Å². The first-order valence-corrected chi connectivity index (χ1v) is 10.8. The molecule has 5 nitrogen and oxygen atoms in total. The predicted molar refractivity (Wildman–Crippen MR) is 125 cm³/mol. The van der Waals surface area contributed by atoms with Gasteiger partial charge in [0.2, 0.25) is 0 Å². The summed E-state index contributed by atoms with van der Waals surface area (Å²) in [5.74, 6) is 0.533. The maximum absolute atomic E-state index is 10.1. The molecule has 0 saturated heterocycles. The molecule has 0 amide bonds. The van der Waals surface area contributed by atoms with E-state index in [1.807, 2.05) is 24.3 Å². The maximum Gasteiger partial charge on any atom is 0.0788 e. The number of rotatable bonds is 18. The summed E-state index contributed by atoms with van der Waals surface area (Å²) in [7, 11) is 7.08. The molecule has 0 saturated carbocycles. The van der Waals surface area contributed by atoms with Gasteiger partial charge in [-0.2, -0.15) is 5.26 Å². The third-order valence-electron chi connectivity index (χ3n) is 5.68. The molecule has 0 radical (unpaired) electrons. The third kappa shape index (κ3) is 11.1. The molecule has 0 N–H and O–H groups in total. The number of nitrogens with zero attached hydrogens (tertiary/aromatic N) is 2. The van der Waals surface area contributed by atoms with Crippen LogP contribution in [0.1, 0.15) is 45.4 Å². The molecule has 3 unspecified atom stereocenters. The Morgan fingerprint density at radius 2 is 1.67 bits per heavy atom. The van der Waals surface area contributed by atoms with Crippen molar-refractivity contribution in [1.29, 1.82) is 5.26 Å². The lowest BCUT2D eigenvalue weighted by atomic mass is 9.70. The van der Waals surface area contributed by atoms with Gasteiger partial charge in [0.05, 0.1) is 51.6 Å². The first-order chi connectivity index (χ1) is 14.5. The smallest absolute Gasteiger partial charge is 0.0788 e. The van der Waals surface area contributed by atoms with E-state index in [4.69, 9.17) is 14.2 Å². The summed E-state index contributed by atoms with van der Waals surface area (Å²) >= 11 is 0. The molecule has 0 spiro atoms. The van der Waals surface area contributed by atoms with Crippen LogP contribution in [-0.2, 0) is 14.2 Å². The molecule has 0 aromatic heterocycles. The van der Waals surface area contributed by atoms with Gasteiger partial charge >= 0.3 is 0 Å². The maximum atomic E-state index is 10.1. The second kappa shape index (κ2) is 17.7. The monoisotopic (exact) mass is 418 g/mol. The lowest BCUT2D eigenvalue weighted by molar-refractivity contribution is 0.220. The number of ether oxygens (including phenoxy) is 3. The van der Waals surface area contributed by atoms with Gasteiger partial charge in [-0.05, 0) is 82.8 Å². The molecule has 0 heterocycles. The van der Waals surface area contributed by atoms with Gasteiger partial charge in [0.1, 0.15) is 0 Å². The highest BCUT2D eigenvalue weighted by atomic mass is 16.5. The molecule has 0 bridgehead atoms. The van der Waals surface area contributed by atoms with Crippen LogP contribution < -0.4 is 0 Å². The summed E-state index contributed by atoms with van der Waals surface area (Å²) in [6.07, 6.45) is 18.5. The number of hydrogen-bond acceptors (Lipinski definition) is 5. The van der Waals surface area contributed by atoms with E-state index in [0.717, 1.165) is 51.6 Å². The number of hydrogen-bond donors (Lipinski definition) is 0. The number of methoxy groups -OCH3 is 3. The normalized spacial score (nSPS) is 15.9. The Hall–Kier alpha value is -2.19. The van der Waals surface area contributed by atoms with E-state index in [1.54, 1.807) is 40.1 Å².